The van der Waals surface area contributed by atoms with E-state index in [2.05, 4.69) is 15.9 Å². The number of benzene rings is 1. The first-order valence-corrected chi connectivity index (χ1v) is 6.05. The predicted octanol–water partition coefficient (Wildman–Crippen LogP) is 3.68. The molecule has 0 atom stereocenters. The Bertz CT molecular complexity index is 742. The Balaban J connectivity index is 2.37. The summed E-state index contributed by atoms with van der Waals surface area (Å²) in [5.41, 5.74) is 0.981. The number of hydrogen-bond donors (Lipinski definition) is 1. The van der Waals surface area contributed by atoms with Crippen molar-refractivity contribution in [2.45, 2.75) is 0 Å². The lowest BCUT2D eigenvalue weighted by molar-refractivity contribution is 0.0687. The summed E-state index contributed by atoms with van der Waals surface area (Å²) in [4.78, 5) is 11.3. The van der Waals surface area contributed by atoms with Crippen LogP contribution in [-0.4, -0.2) is 15.6 Å². The highest BCUT2D eigenvalue weighted by Gasteiger charge is 2.17. The summed E-state index contributed by atoms with van der Waals surface area (Å²) < 4.78 is 7.59. The van der Waals surface area contributed by atoms with E-state index in [0.717, 1.165) is 10.9 Å². The number of para-hydroxylation sites is 1. The minimum Gasteiger partial charge on any atom is -0.477 e. The number of aromatic nitrogens is 1. The van der Waals surface area contributed by atoms with Crippen molar-refractivity contribution in [2.75, 3.05) is 0 Å². The van der Waals surface area contributed by atoms with Crippen LogP contribution in [0.5, 0.6) is 0 Å². The van der Waals surface area contributed by atoms with Crippen molar-refractivity contribution in [1.82, 2.24) is 4.57 Å². The molecule has 90 valence electrons. The topological polar surface area (TPSA) is 55.4 Å². The van der Waals surface area contributed by atoms with Gasteiger partial charge in [0.2, 0.25) is 5.88 Å². The van der Waals surface area contributed by atoms with Gasteiger partial charge >= 0.3 is 5.97 Å². The van der Waals surface area contributed by atoms with Gasteiger partial charge in [-0.2, -0.15) is 0 Å². The summed E-state index contributed by atoms with van der Waals surface area (Å²) in [7, 11) is 0. The van der Waals surface area contributed by atoms with E-state index < -0.39 is 5.97 Å². The fourth-order valence-corrected chi connectivity index (χ4v) is 2.27. The fraction of sp³-hybridized carbons (Fsp3) is 0. The third-order valence-corrected chi connectivity index (χ3v) is 3.14. The third-order valence-electron chi connectivity index (χ3n) is 2.71. The van der Waals surface area contributed by atoms with Crippen LogP contribution in [0.25, 0.3) is 16.8 Å². The Morgan fingerprint density at radius 1 is 1.22 bits per heavy atom. The van der Waals surface area contributed by atoms with Crippen molar-refractivity contribution >= 4 is 32.8 Å². The molecule has 0 aliphatic rings. The molecule has 0 saturated carbocycles. The Morgan fingerprint density at radius 2 is 2.00 bits per heavy atom. The first-order chi connectivity index (χ1) is 8.66. The van der Waals surface area contributed by atoms with Crippen LogP contribution in [0.2, 0.25) is 0 Å². The number of aromatic carboxylic acids is 1. The van der Waals surface area contributed by atoms with Gasteiger partial charge in [0.1, 0.15) is 5.69 Å². The number of rotatable bonds is 2. The van der Waals surface area contributed by atoms with Crippen LogP contribution < -0.4 is 0 Å². The van der Waals surface area contributed by atoms with Crippen LogP contribution in [0.3, 0.4) is 0 Å². The van der Waals surface area contributed by atoms with E-state index in [1.165, 1.54) is 0 Å². The van der Waals surface area contributed by atoms with Gasteiger partial charge in [-0.15, -0.1) is 0 Å². The summed E-state index contributed by atoms with van der Waals surface area (Å²) in [5, 5.41) is 10.1. The summed E-state index contributed by atoms with van der Waals surface area (Å²) >= 11 is 3.22. The van der Waals surface area contributed by atoms with E-state index in [1.807, 2.05) is 24.3 Å². The number of carboxylic acid groups (broad SMARTS) is 1. The zero-order chi connectivity index (χ0) is 12.7. The molecule has 2 aromatic heterocycles. The third kappa shape index (κ3) is 1.64. The van der Waals surface area contributed by atoms with Crippen LogP contribution in [0.4, 0.5) is 0 Å². The van der Waals surface area contributed by atoms with Crippen LogP contribution in [0.15, 0.2) is 51.6 Å². The summed E-state index contributed by atoms with van der Waals surface area (Å²) in [5.74, 6) is -0.515. The molecule has 0 unspecified atom stereocenters. The minimum absolute atomic E-state index is 0.179. The lowest BCUT2D eigenvalue weighted by Crippen LogP contribution is -2.05. The molecule has 1 aromatic carbocycles. The normalized spacial score (nSPS) is 10.9. The molecule has 1 N–H and O–H groups in total. The van der Waals surface area contributed by atoms with Gasteiger partial charge in [0.25, 0.3) is 0 Å². The van der Waals surface area contributed by atoms with E-state index in [-0.39, 0.29) is 5.69 Å². The number of halogens is 1. The number of hydrogen-bond acceptors (Lipinski definition) is 2. The predicted molar refractivity (Wildman–Crippen MR) is 70.2 cm³/mol. The maximum Gasteiger partial charge on any atom is 0.352 e. The SMILES string of the molecule is O=C(O)c1cc2ccccc2n1-c1ccc(Br)o1. The Morgan fingerprint density at radius 3 is 2.67 bits per heavy atom. The van der Waals surface area contributed by atoms with E-state index >= 15 is 0 Å². The summed E-state index contributed by atoms with van der Waals surface area (Å²) in [6, 6.07) is 12.6. The highest BCUT2D eigenvalue weighted by molar-refractivity contribution is 9.10. The average Bonchev–Trinajstić information content (AvgIpc) is 2.92. The van der Waals surface area contributed by atoms with Gasteiger partial charge in [0, 0.05) is 11.5 Å². The molecule has 0 saturated heterocycles. The highest BCUT2D eigenvalue weighted by Crippen LogP contribution is 2.27. The molecule has 3 rings (SSSR count). The summed E-state index contributed by atoms with van der Waals surface area (Å²) in [6.45, 7) is 0. The van der Waals surface area contributed by atoms with Gasteiger partial charge in [0.05, 0.1) is 5.52 Å². The van der Waals surface area contributed by atoms with Crippen molar-refractivity contribution in [3.8, 4) is 5.88 Å². The van der Waals surface area contributed by atoms with Crippen molar-refractivity contribution < 1.29 is 14.3 Å². The standard InChI is InChI=1S/C13H8BrNO3/c14-11-5-6-12(18-11)15-9-4-2-1-3-8(9)7-10(15)13(16)17/h1-7H,(H,16,17). The molecular weight excluding hydrogens is 298 g/mol. The number of carboxylic acids is 1. The van der Waals surface area contributed by atoms with E-state index in [9.17, 15) is 9.90 Å². The molecule has 0 radical (unpaired) electrons. The molecule has 3 aromatic rings. The zero-order valence-electron chi connectivity index (χ0n) is 9.13. The van der Waals surface area contributed by atoms with Crippen molar-refractivity contribution in [1.29, 1.82) is 0 Å². The van der Waals surface area contributed by atoms with Crippen molar-refractivity contribution in [3.05, 3.63) is 52.8 Å². The molecule has 4 nitrogen and oxygen atoms in total. The number of fused-ring (bicyclic) bond motifs is 1. The van der Waals surface area contributed by atoms with Crippen molar-refractivity contribution in [2.24, 2.45) is 0 Å². The molecule has 18 heavy (non-hydrogen) atoms. The van der Waals surface area contributed by atoms with Gasteiger partial charge in [-0.3, -0.25) is 4.57 Å². The summed E-state index contributed by atoms with van der Waals surface area (Å²) in [6.07, 6.45) is 0. The van der Waals surface area contributed by atoms with Gasteiger partial charge < -0.3 is 9.52 Å². The first-order valence-electron chi connectivity index (χ1n) is 5.26. The molecule has 0 spiro atoms. The maximum absolute atomic E-state index is 11.3. The van der Waals surface area contributed by atoms with Crippen LogP contribution in [0, 0.1) is 0 Å². The molecule has 0 bridgehead atoms. The Hall–Kier alpha value is -2.01. The molecular formula is C13H8BrNO3. The Labute approximate surface area is 111 Å². The van der Waals surface area contributed by atoms with Crippen LogP contribution >= 0.6 is 15.9 Å². The number of carbonyl (C=O) groups is 1. The molecule has 2 heterocycles. The van der Waals surface area contributed by atoms with Crippen LogP contribution in [-0.2, 0) is 0 Å². The largest absolute Gasteiger partial charge is 0.477 e. The average molecular weight is 306 g/mol. The lowest BCUT2D eigenvalue weighted by Gasteiger charge is -2.03. The smallest absolute Gasteiger partial charge is 0.352 e. The monoisotopic (exact) mass is 305 g/mol. The second kappa shape index (κ2) is 4.03. The zero-order valence-corrected chi connectivity index (χ0v) is 10.7. The molecule has 0 amide bonds. The first kappa shape index (κ1) is 11.1. The second-order valence-corrected chi connectivity index (χ2v) is 4.59. The molecule has 5 heteroatoms. The van der Waals surface area contributed by atoms with Crippen LogP contribution in [0.1, 0.15) is 10.5 Å². The van der Waals surface area contributed by atoms with Gasteiger partial charge in [-0.1, -0.05) is 18.2 Å². The van der Waals surface area contributed by atoms with Gasteiger partial charge in [0.15, 0.2) is 4.67 Å². The Kier molecular flexibility index (Phi) is 2.48. The quantitative estimate of drug-likeness (QED) is 0.785. The highest BCUT2D eigenvalue weighted by atomic mass is 79.9. The maximum atomic E-state index is 11.3. The van der Waals surface area contributed by atoms with Crippen molar-refractivity contribution in [3.63, 3.8) is 0 Å². The second-order valence-electron chi connectivity index (χ2n) is 3.81. The fourth-order valence-electron chi connectivity index (χ4n) is 1.97. The van der Waals surface area contributed by atoms with Gasteiger partial charge in [-0.25, -0.2) is 4.79 Å². The molecule has 0 aliphatic carbocycles. The lowest BCUT2D eigenvalue weighted by atomic mass is 10.2. The number of nitrogens with zero attached hydrogens (tertiary/aromatic N) is 1. The van der Waals surface area contributed by atoms with E-state index in [4.69, 9.17) is 4.42 Å². The number of furan rings is 1. The minimum atomic E-state index is -0.987. The van der Waals surface area contributed by atoms with E-state index in [1.54, 1.807) is 22.8 Å². The molecule has 0 fully saturated rings. The van der Waals surface area contributed by atoms with E-state index in [0.29, 0.717) is 10.6 Å². The molecule has 0 aliphatic heterocycles. The van der Waals surface area contributed by atoms with Gasteiger partial charge in [-0.05, 0) is 34.1 Å².